The molecule has 1 aliphatic rings. The molecule has 18 heavy (non-hydrogen) atoms. The van der Waals surface area contributed by atoms with Gasteiger partial charge in [-0.1, -0.05) is 6.07 Å². The minimum Gasteiger partial charge on any atom is -0.381 e. The van der Waals surface area contributed by atoms with E-state index in [1.54, 1.807) is 24.1 Å². The quantitative estimate of drug-likeness (QED) is 0.897. The summed E-state index contributed by atoms with van der Waals surface area (Å²) in [7, 11) is 1.73. The Morgan fingerprint density at radius 2 is 2.44 bits per heavy atom. The number of urea groups is 1. The third-order valence-electron chi connectivity index (χ3n) is 2.98. The van der Waals surface area contributed by atoms with Crippen molar-refractivity contribution in [2.24, 2.45) is 5.92 Å². The summed E-state index contributed by atoms with van der Waals surface area (Å²) in [6.45, 7) is 2.13. The number of nitrogens with one attached hydrogen (secondary N) is 1. The molecular weight excluding hydrogens is 235 g/mol. The van der Waals surface area contributed by atoms with Gasteiger partial charge in [-0.3, -0.25) is 0 Å². The second-order valence-electron chi connectivity index (χ2n) is 4.55. The number of amides is 2. The van der Waals surface area contributed by atoms with Crippen LogP contribution in [0.2, 0.25) is 0 Å². The maximum atomic E-state index is 13.0. The predicted molar refractivity (Wildman–Crippen MR) is 67.0 cm³/mol. The van der Waals surface area contributed by atoms with Gasteiger partial charge in [-0.05, 0) is 24.6 Å². The Labute approximate surface area is 106 Å². The van der Waals surface area contributed by atoms with Crippen LogP contribution in [0.15, 0.2) is 24.3 Å². The first-order chi connectivity index (χ1) is 8.65. The Kier molecular flexibility index (Phi) is 4.15. The molecule has 0 aromatic heterocycles. The van der Waals surface area contributed by atoms with Crippen LogP contribution in [0, 0.1) is 11.7 Å². The van der Waals surface area contributed by atoms with Gasteiger partial charge in [-0.15, -0.1) is 0 Å². The van der Waals surface area contributed by atoms with Crippen molar-refractivity contribution in [2.45, 2.75) is 6.42 Å². The molecule has 98 valence electrons. The van der Waals surface area contributed by atoms with Crippen LogP contribution in [0.1, 0.15) is 6.42 Å². The van der Waals surface area contributed by atoms with Crippen molar-refractivity contribution in [1.82, 2.24) is 4.90 Å². The van der Waals surface area contributed by atoms with Crippen LogP contribution >= 0.6 is 0 Å². The number of anilines is 1. The average Bonchev–Trinajstić information content (AvgIpc) is 2.81. The van der Waals surface area contributed by atoms with Crippen LogP contribution in [0.3, 0.4) is 0 Å². The molecule has 1 atom stereocenters. The van der Waals surface area contributed by atoms with E-state index in [0.29, 0.717) is 24.8 Å². The molecule has 2 rings (SSSR count). The molecule has 0 aliphatic carbocycles. The Bertz CT molecular complexity index is 419. The molecule has 1 fully saturated rings. The zero-order valence-electron chi connectivity index (χ0n) is 10.4. The first kappa shape index (κ1) is 12.8. The summed E-state index contributed by atoms with van der Waals surface area (Å²) in [5, 5.41) is 2.66. The van der Waals surface area contributed by atoms with E-state index in [1.165, 1.54) is 12.1 Å². The van der Waals surface area contributed by atoms with E-state index in [0.717, 1.165) is 13.0 Å². The Hall–Kier alpha value is -1.62. The van der Waals surface area contributed by atoms with E-state index in [4.69, 9.17) is 4.74 Å². The molecule has 1 aromatic carbocycles. The normalized spacial score (nSPS) is 18.7. The molecule has 0 spiro atoms. The first-order valence-electron chi connectivity index (χ1n) is 6.00. The summed E-state index contributed by atoms with van der Waals surface area (Å²) in [5.74, 6) is 0.0351. The SMILES string of the molecule is CN(CC1CCOC1)C(=O)Nc1cccc(F)c1. The molecule has 1 unspecified atom stereocenters. The lowest BCUT2D eigenvalue weighted by atomic mass is 10.1. The van der Waals surface area contributed by atoms with E-state index in [-0.39, 0.29) is 11.8 Å². The maximum Gasteiger partial charge on any atom is 0.321 e. The van der Waals surface area contributed by atoms with E-state index < -0.39 is 0 Å². The lowest BCUT2D eigenvalue weighted by molar-refractivity contribution is 0.175. The van der Waals surface area contributed by atoms with E-state index in [2.05, 4.69) is 5.32 Å². The van der Waals surface area contributed by atoms with Gasteiger partial charge in [-0.2, -0.15) is 0 Å². The van der Waals surface area contributed by atoms with Gasteiger partial charge >= 0.3 is 6.03 Å². The highest BCUT2D eigenvalue weighted by atomic mass is 19.1. The number of carbonyl (C=O) groups is 1. The van der Waals surface area contributed by atoms with Crippen LogP contribution in [0.5, 0.6) is 0 Å². The molecule has 1 aliphatic heterocycles. The fraction of sp³-hybridized carbons (Fsp3) is 0.462. The van der Waals surface area contributed by atoms with Gasteiger partial charge < -0.3 is 15.0 Å². The largest absolute Gasteiger partial charge is 0.381 e. The van der Waals surface area contributed by atoms with E-state index in [1.807, 2.05) is 0 Å². The summed E-state index contributed by atoms with van der Waals surface area (Å²) in [4.78, 5) is 13.5. The van der Waals surface area contributed by atoms with Crippen molar-refractivity contribution in [3.63, 3.8) is 0 Å². The molecule has 4 nitrogen and oxygen atoms in total. The zero-order valence-corrected chi connectivity index (χ0v) is 10.4. The average molecular weight is 252 g/mol. The zero-order chi connectivity index (χ0) is 13.0. The maximum absolute atomic E-state index is 13.0. The number of hydrogen-bond donors (Lipinski definition) is 1. The topological polar surface area (TPSA) is 41.6 Å². The summed E-state index contributed by atoms with van der Waals surface area (Å²) in [5.41, 5.74) is 0.467. The van der Waals surface area contributed by atoms with Gasteiger partial charge in [0.15, 0.2) is 0 Å². The highest BCUT2D eigenvalue weighted by molar-refractivity contribution is 5.89. The number of carbonyl (C=O) groups excluding carboxylic acids is 1. The summed E-state index contributed by atoms with van der Waals surface area (Å²) < 4.78 is 18.2. The molecular formula is C13H17FN2O2. The van der Waals surface area contributed by atoms with Gasteiger partial charge in [0, 0.05) is 31.8 Å². The van der Waals surface area contributed by atoms with Crippen molar-refractivity contribution < 1.29 is 13.9 Å². The predicted octanol–water partition coefficient (Wildman–Crippen LogP) is 2.33. The smallest absolute Gasteiger partial charge is 0.321 e. The molecule has 1 saturated heterocycles. The molecule has 1 heterocycles. The highest BCUT2D eigenvalue weighted by Crippen LogP contribution is 2.14. The molecule has 0 radical (unpaired) electrons. The second kappa shape index (κ2) is 5.82. The van der Waals surface area contributed by atoms with E-state index in [9.17, 15) is 9.18 Å². The number of hydrogen-bond acceptors (Lipinski definition) is 2. The lowest BCUT2D eigenvalue weighted by Gasteiger charge is -2.20. The molecule has 5 heteroatoms. The van der Waals surface area contributed by atoms with Crippen LogP contribution < -0.4 is 5.32 Å². The fourth-order valence-corrected chi connectivity index (χ4v) is 1.98. The Balaban J connectivity index is 1.86. The van der Waals surface area contributed by atoms with Gasteiger partial charge in [0.2, 0.25) is 0 Å². The van der Waals surface area contributed by atoms with Crippen LogP contribution in [-0.4, -0.2) is 37.7 Å². The van der Waals surface area contributed by atoms with Crippen molar-refractivity contribution in [1.29, 1.82) is 0 Å². The Morgan fingerprint density at radius 3 is 3.11 bits per heavy atom. The number of halogens is 1. The molecule has 2 amide bonds. The summed E-state index contributed by atoms with van der Waals surface area (Å²) in [6, 6.07) is 5.63. The molecule has 1 N–H and O–H groups in total. The monoisotopic (exact) mass is 252 g/mol. The van der Waals surface area contributed by atoms with Crippen LogP contribution in [0.25, 0.3) is 0 Å². The van der Waals surface area contributed by atoms with Gasteiger partial charge in [0.25, 0.3) is 0 Å². The van der Waals surface area contributed by atoms with Crippen LogP contribution in [0.4, 0.5) is 14.9 Å². The standard InChI is InChI=1S/C13H17FN2O2/c1-16(8-10-5-6-18-9-10)13(17)15-12-4-2-3-11(14)7-12/h2-4,7,10H,5-6,8-9H2,1H3,(H,15,17). The minimum absolute atomic E-state index is 0.229. The van der Waals surface area contributed by atoms with Crippen molar-refractivity contribution in [2.75, 3.05) is 32.1 Å². The molecule has 0 saturated carbocycles. The first-order valence-corrected chi connectivity index (χ1v) is 6.00. The third-order valence-corrected chi connectivity index (χ3v) is 2.98. The summed E-state index contributed by atoms with van der Waals surface area (Å²) >= 11 is 0. The van der Waals surface area contributed by atoms with Gasteiger partial charge in [-0.25, -0.2) is 9.18 Å². The van der Waals surface area contributed by atoms with Crippen LogP contribution in [-0.2, 0) is 4.74 Å². The highest BCUT2D eigenvalue weighted by Gasteiger charge is 2.20. The summed E-state index contributed by atoms with van der Waals surface area (Å²) in [6.07, 6.45) is 0.984. The van der Waals surface area contributed by atoms with Crippen molar-refractivity contribution >= 4 is 11.7 Å². The number of nitrogens with zero attached hydrogens (tertiary/aromatic N) is 1. The second-order valence-corrected chi connectivity index (χ2v) is 4.55. The number of ether oxygens (including phenoxy) is 1. The number of rotatable bonds is 3. The van der Waals surface area contributed by atoms with Gasteiger partial charge in [0.1, 0.15) is 5.82 Å². The van der Waals surface area contributed by atoms with E-state index >= 15 is 0 Å². The Morgan fingerprint density at radius 1 is 1.61 bits per heavy atom. The molecule has 0 bridgehead atoms. The third kappa shape index (κ3) is 3.43. The van der Waals surface area contributed by atoms with Gasteiger partial charge in [0.05, 0.1) is 6.61 Å². The molecule has 1 aromatic rings. The fourth-order valence-electron chi connectivity index (χ4n) is 1.98. The van der Waals surface area contributed by atoms with Crippen molar-refractivity contribution in [3.05, 3.63) is 30.1 Å². The minimum atomic E-state index is -0.361. The van der Waals surface area contributed by atoms with Crippen molar-refractivity contribution in [3.8, 4) is 0 Å². The number of benzene rings is 1. The lowest BCUT2D eigenvalue weighted by Crippen LogP contribution is -2.35.